The summed E-state index contributed by atoms with van der Waals surface area (Å²) in [5.74, 6) is 2.27. The summed E-state index contributed by atoms with van der Waals surface area (Å²) in [7, 11) is 2.33. The molecule has 0 aromatic rings. The summed E-state index contributed by atoms with van der Waals surface area (Å²) in [5, 5.41) is 0.274. The van der Waals surface area contributed by atoms with Crippen molar-refractivity contribution in [2.75, 3.05) is 0 Å². The minimum atomic E-state index is 0.260. The van der Waals surface area contributed by atoms with Crippen molar-refractivity contribution in [2.45, 2.75) is 19.2 Å². The minimum Gasteiger partial charge on any atom is -0.117 e. The lowest BCUT2D eigenvalue weighted by Crippen LogP contribution is -2.40. The van der Waals surface area contributed by atoms with E-state index in [2.05, 4.69) is 57.5 Å². The van der Waals surface area contributed by atoms with Gasteiger partial charge in [0.25, 0.3) is 0 Å². The van der Waals surface area contributed by atoms with Gasteiger partial charge in [0, 0.05) is 5.41 Å². The van der Waals surface area contributed by atoms with E-state index in [1.165, 1.54) is 11.1 Å². The van der Waals surface area contributed by atoms with Gasteiger partial charge in [0.1, 0.15) is 0 Å². The van der Waals surface area contributed by atoms with Crippen LogP contribution in [0.5, 0.6) is 0 Å². The topological polar surface area (TPSA) is 0 Å². The molecule has 0 saturated heterocycles. The lowest BCUT2D eigenvalue weighted by atomic mass is 9.40. The van der Waals surface area contributed by atoms with Gasteiger partial charge in [-0.25, -0.2) is 0 Å². The van der Waals surface area contributed by atoms with Gasteiger partial charge in [0.2, 0.25) is 0 Å². The molecule has 0 aromatic heterocycles. The molecule has 1 heterocycles. The summed E-state index contributed by atoms with van der Waals surface area (Å²) in [6.45, 7) is 4.66. The Kier molecular flexibility index (Phi) is 1.10. The highest BCUT2D eigenvalue weighted by molar-refractivity contribution is 6.50. The molecule has 0 saturated carbocycles. The molecular weight excluding hydrogens is 155 g/mol. The highest BCUT2D eigenvalue weighted by atomic mass is 14.5. The minimum absolute atomic E-state index is 0.260. The Labute approximate surface area is 80.0 Å². The molecule has 1 radical (unpaired) electrons. The lowest BCUT2D eigenvalue weighted by Gasteiger charge is -2.51. The van der Waals surface area contributed by atoms with Crippen molar-refractivity contribution < 1.29 is 0 Å². The Balaban J connectivity index is 2.26. The van der Waals surface area contributed by atoms with Crippen LogP contribution in [0.25, 0.3) is 0 Å². The summed E-state index contributed by atoms with van der Waals surface area (Å²) in [4.78, 5) is 0. The van der Waals surface area contributed by atoms with Crippen molar-refractivity contribution in [3.05, 3.63) is 47.5 Å². The fourth-order valence-corrected chi connectivity index (χ4v) is 2.72. The summed E-state index contributed by atoms with van der Waals surface area (Å²) >= 11 is 0. The van der Waals surface area contributed by atoms with Gasteiger partial charge in [0.15, 0.2) is 7.28 Å². The molecule has 0 fully saturated rings. The number of rotatable bonds is 0. The first-order valence-corrected chi connectivity index (χ1v) is 4.82. The monoisotopic (exact) mass is 167 g/mol. The Morgan fingerprint density at radius 1 is 1.08 bits per heavy atom. The highest BCUT2D eigenvalue weighted by Gasteiger charge is 2.56. The van der Waals surface area contributed by atoms with E-state index >= 15 is 0 Å². The van der Waals surface area contributed by atoms with Crippen LogP contribution < -0.4 is 0 Å². The summed E-state index contributed by atoms with van der Waals surface area (Å²) in [5.41, 5.74) is 3.19. The summed E-state index contributed by atoms with van der Waals surface area (Å²) < 4.78 is 0. The number of allylic oxidation sites excluding steroid dienone is 7. The maximum absolute atomic E-state index is 2.38. The molecule has 3 aliphatic rings. The van der Waals surface area contributed by atoms with E-state index in [1.54, 1.807) is 0 Å². The average Bonchev–Trinajstić information content (AvgIpc) is 2.25. The van der Waals surface area contributed by atoms with Crippen molar-refractivity contribution >= 4 is 7.28 Å². The smallest absolute Gasteiger partial charge is 0.117 e. The normalized spacial score (nSPS) is 44.2. The van der Waals surface area contributed by atoms with Gasteiger partial charge in [0.05, 0.1) is 0 Å². The molecule has 0 N–H and O–H groups in total. The van der Waals surface area contributed by atoms with Crippen molar-refractivity contribution in [3.63, 3.8) is 0 Å². The lowest BCUT2D eigenvalue weighted by molar-refractivity contribution is 0.361. The van der Waals surface area contributed by atoms with Gasteiger partial charge in [-0.1, -0.05) is 49.8 Å². The zero-order chi connectivity index (χ0) is 9.10. The molecule has 0 amide bonds. The highest BCUT2D eigenvalue weighted by Crippen LogP contribution is 2.67. The van der Waals surface area contributed by atoms with Gasteiger partial charge in [-0.05, 0) is 10.9 Å². The van der Waals surface area contributed by atoms with Gasteiger partial charge in [-0.15, -0.1) is 5.98 Å². The predicted molar refractivity (Wildman–Crippen MR) is 56.7 cm³/mol. The molecule has 0 aromatic carbocycles. The van der Waals surface area contributed by atoms with E-state index < -0.39 is 0 Å². The van der Waals surface area contributed by atoms with Crippen LogP contribution in [0.2, 0.25) is 5.31 Å². The van der Waals surface area contributed by atoms with E-state index in [0.29, 0.717) is 0 Å². The van der Waals surface area contributed by atoms with Crippen molar-refractivity contribution in [1.82, 2.24) is 0 Å². The first kappa shape index (κ1) is 7.43. The molecule has 2 unspecified atom stereocenters. The summed E-state index contributed by atoms with van der Waals surface area (Å²) in [6.07, 6.45) is 11.1. The van der Waals surface area contributed by atoms with Crippen LogP contribution in [-0.4, -0.2) is 7.28 Å². The molecule has 2 atom stereocenters. The maximum Gasteiger partial charge on any atom is 0.155 e. The van der Waals surface area contributed by atoms with Crippen LogP contribution in [0.1, 0.15) is 13.8 Å². The van der Waals surface area contributed by atoms with Gasteiger partial charge in [-0.2, -0.15) is 0 Å². The molecule has 13 heavy (non-hydrogen) atoms. The maximum atomic E-state index is 2.38. The second kappa shape index (κ2) is 1.92. The molecular formula is C12H12B. The molecule has 63 valence electrons. The van der Waals surface area contributed by atoms with Gasteiger partial charge < -0.3 is 0 Å². The third-order valence-corrected chi connectivity index (χ3v) is 3.96. The Hall–Kier alpha value is -0.975. The fraction of sp³-hybridized carbons (Fsp3) is 0.333. The standard InChI is InChI=1S/C12H12B/c1-11-7-9-5-3-4-6-10(8-13-11)12(9,11)2/h3-8H,1-2H3. The largest absolute Gasteiger partial charge is 0.155 e. The SMILES string of the molecule is CC12[B]C=C3C=CC=CC(=C1)C32C. The van der Waals surface area contributed by atoms with Crippen LogP contribution in [0.15, 0.2) is 47.5 Å². The second-order valence-electron chi connectivity index (χ2n) is 4.51. The Bertz CT molecular complexity index is 397. The average molecular weight is 167 g/mol. The molecule has 1 heteroatoms. The molecule has 0 spiro atoms. The molecule has 3 rings (SSSR count). The predicted octanol–water partition coefficient (Wildman–Crippen LogP) is 2.84. The van der Waals surface area contributed by atoms with Crippen LogP contribution in [0, 0.1) is 5.41 Å². The quantitative estimate of drug-likeness (QED) is 0.486. The van der Waals surface area contributed by atoms with E-state index in [1.807, 2.05) is 0 Å². The van der Waals surface area contributed by atoms with E-state index in [-0.39, 0.29) is 10.7 Å². The second-order valence-corrected chi connectivity index (χ2v) is 4.51. The molecule has 2 aliphatic carbocycles. The summed E-state index contributed by atoms with van der Waals surface area (Å²) in [6, 6.07) is 0. The third kappa shape index (κ3) is 0.621. The number of hydrogen-bond acceptors (Lipinski definition) is 0. The van der Waals surface area contributed by atoms with E-state index in [4.69, 9.17) is 0 Å². The first-order chi connectivity index (χ1) is 6.17. The Morgan fingerprint density at radius 2 is 1.77 bits per heavy atom. The first-order valence-electron chi connectivity index (χ1n) is 4.82. The van der Waals surface area contributed by atoms with Crippen LogP contribution >= 0.6 is 0 Å². The van der Waals surface area contributed by atoms with Gasteiger partial charge >= 0.3 is 0 Å². The molecule has 0 bridgehead atoms. The zero-order valence-corrected chi connectivity index (χ0v) is 8.04. The van der Waals surface area contributed by atoms with Gasteiger partial charge in [-0.3, -0.25) is 0 Å². The van der Waals surface area contributed by atoms with E-state index in [0.717, 1.165) is 0 Å². The zero-order valence-electron chi connectivity index (χ0n) is 8.04. The van der Waals surface area contributed by atoms with Crippen LogP contribution in [-0.2, 0) is 0 Å². The molecule has 1 aliphatic heterocycles. The van der Waals surface area contributed by atoms with E-state index in [9.17, 15) is 0 Å². The Morgan fingerprint density at radius 3 is 2.54 bits per heavy atom. The number of hydrogen-bond donors (Lipinski definition) is 0. The van der Waals surface area contributed by atoms with Crippen LogP contribution in [0.3, 0.4) is 0 Å². The fourth-order valence-electron chi connectivity index (χ4n) is 2.72. The molecule has 0 nitrogen and oxygen atoms in total. The van der Waals surface area contributed by atoms with Crippen molar-refractivity contribution in [3.8, 4) is 0 Å². The third-order valence-electron chi connectivity index (χ3n) is 3.96. The van der Waals surface area contributed by atoms with Crippen LogP contribution in [0.4, 0.5) is 0 Å². The van der Waals surface area contributed by atoms with Crippen molar-refractivity contribution in [1.29, 1.82) is 0 Å². The van der Waals surface area contributed by atoms with Crippen molar-refractivity contribution in [2.24, 2.45) is 5.41 Å².